The van der Waals surface area contributed by atoms with E-state index in [9.17, 15) is 4.79 Å². The van der Waals surface area contributed by atoms with Gasteiger partial charge in [0.25, 0.3) is 5.91 Å². The molecule has 2 aromatic carbocycles. The monoisotopic (exact) mass is 402 g/mol. The quantitative estimate of drug-likeness (QED) is 0.822. The molecule has 7 heteroatoms. The average molecular weight is 403 g/mol. The minimum Gasteiger partial charge on any atom is -0.454 e. The van der Waals surface area contributed by atoms with Crippen LogP contribution >= 0.6 is 11.6 Å². The third kappa shape index (κ3) is 3.88. The van der Waals surface area contributed by atoms with Gasteiger partial charge in [-0.15, -0.1) is 0 Å². The largest absolute Gasteiger partial charge is 0.454 e. The molecule has 2 N–H and O–H groups in total. The van der Waals surface area contributed by atoms with Crippen LogP contribution in [0.15, 0.2) is 36.4 Å². The van der Waals surface area contributed by atoms with Gasteiger partial charge in [-0.25, -0.2) is 0 Å². The van der Waals surface area contributed by atoms with E-state index in [-0.39, 0.29) is 18.7 Å². The maximum atomic E-state index is 12.7. The molecular weight excluding hydrogens is 378 g/mol. The number of ether oxygens (including phenoxy) is 2. The Hall–Kier alpha value is -2.44. The minimum atomic E-state index is -0.131. The van der Waals surface area contributed by atoms with Gasteiger partial charge in [0.1, 0.15) is 0 Å². The van der Waals surface area contributed by atoms with Gasteiger partial charge in [-0.05, 0) is 43.7 Å². The van der Waals surface area contributed by atoms with E-state index < -0.39 is 0 Å². The number of hydrogen-bond donors (Lipinski definition) is 2. The molecule has 4 rings (SSSR count). The summed E-state index contributed by atoms with van der Waals surface area (Å²) in [5.74, 6) is 1.40. The molecule has 2 aliphatic heterocycles. The van der Waals surface area contributed by atoms with Gasteiger partial charge in [0.05, 0.1) is 26.2 Å². The molecule has 28 heavy (non-hydrogen) atoms. The van der Waals surface area contributed by atoms with Gasteiger partial charge in [-0.1, -0.05) is 17.7 Å². The number of nitrogens with zero attached hydrogens (tertiary/aromatic N) is 1. The Balaban J connectivity index is 1.35. The van der Waals surface area contributed by atoms with Crippen molar-refractivity contribution in [3.63, 3.8) is 0 Å². The Bertz CT molecular complexity index is 881. The van der Waals surface area contributed by atoms with Crippen LogP contribution in [-0.2, 0) is 4.79 Å². The van der Waals surface area contributed by atoms with E-state index in [2.05, 4.69) is 23.2 Å². The van der Waals surface area contributed by atoms with E-state index >= 15 is 0 Å². The first kappa shape index (κ1) is 18.9. The van der Waals surface area contributed by atoms with E-state index in [4.69, 9.17) is 21.1 Å². The summed E-state index contributed by atoms with van der Waals surface area (Å²) in [6, 6.07) is 11.3. The number of rotatable bonds is 4. The Morgan fingerprint density at radius 2 is 1.89 bits per heavy atom. The average Bonchev–Trinajstić information content (AvgIpc) is 3.17. The molecule has 0 aliphatic carbocycles. The van der Waals surface area contributed by atoms with Crippen LogP contribution in [0.2, 0.25) is 5.02 Å². The molecule has 0 saturated carbocycles. The van der Waals surface area contributed by atoms with Gasteiger partial charge in [0.2, 0.25) is 6.79 Å². The molecule has 148 valence electrons. The standard InChI is InChI=1S/C21H24ClN3O3/c1-14-3-4-16(22)11-18(14)25-9-7-24(8-10-25)15(2)21(26)23-17-5-6-19-20(12-17)28-13-27-19/h3-6,11-12,15H,7-10,13H2,1-2H3,(H,23,26)/p+1/t15-/m0/s1. The highest BCUT2D eigenvalue weighted by Gasteiger charge is 2.30. The molecule has 0 spiro atoms. The Morgan fingerprint density at radius 1 is 1.14 bits per heavy atom. The predicted molar refractivity (Wildman–Crippen MR) is 110 cm³/mol. The predicted octanol–water partition coefficient (Wildman–Crippen LogP) is 2.11. The summed E-state index contributed by atoms with van der Waals surface area (Å²) in [6.45, 7) is 7.92. The lowest BCUT2D eigenvalue weighted by molar-refractivity contribution is -0.914. The van der Waals surface area contributed by atoms with Crippen molar-refractivity contribution in [3.05, 3.63) is 47.0 Å². The first-order valence-electron chi connectivity index (χ1n) is 9.57. The van der Waals surface area contributed by atoms with Crippen molar-refractivity contribution >= 4 is 28.9 Å². The second kappa shape index (κ2) is 7.89. The van der Waals surface area contributed by atoms with E-state index in [1.54, 1.807) is 0 Å². The first-order chi connectivity index (χ1) is 13.5. The second-order valence-electron chi connectivity index (χ2n) is 7.36. The molecule has 0 radical (unpaired) electrons. The third-order valence-corrected chi connectivity index (χ3v) is 5.80. The van der Waals surface area contributed by atoms with Crippen LogP contribution in [0.3, 0.4) is 0 Å². The molecule has 0 aromatic heterocycles. The normalized spacial score (nSPS) is 17.5. The fraction of sp³-hybridized carbons (Fsp3) is 0.381. The van der Waals surface area contributed by atoms with Gasteiger partial charge in [-0.3, -0.25) is 4.79 Å². The van der Waals surface area contributed by atoms with Crippen molar-refractivity contribution in [2.75, 3.05) is 43.2 Å². The van der Waals surface area contributed by atoms with Crippen LogP contribution in [0.25, 0.3) is 0 Å². The lowest BCUT2D eigenvalue weighted by atomic mass is 10.1. The van der Waals surface area contributed by atoms with Gasteiger partial charge in [0.15, 0.2) is 17.5 Å². The number of nitrogens with one attached hydrogen (secondary N) is 2. The maximum absolute atomic E-state index is 12.7. The zero-order valence-corrected chi connectivity index (χ0v) is 16.9. The fourth-order valence-electron chi connectivity index (χ4n) is 3.80. The molecule has 1 saturated heterocycles. The fourth-order valence-corrected chi connectivity index (χ4v) is 3.97. The van der Waals surface area contributed by atoms with E-state index in [1.807, 2.05) is 37.3 Å². The van der Waals surface area contributed by atoms with Crippen molar-refractivity contribution in [2.24, 2.45) is 0 Å². The molecule has 2 heterocycles. The van der Waals surface area contributed by atoms with E-state index in [0.717, 1.165) is 36.9 Å². The summed E-state index contributed by atoms with van der Waals surface area (Å²) in [5, 5.41) is 3.76. The molecule has 1 amide bonds. The molecule has 1 atom stereocenters. The number of aryl methyl sites for hydroxylation is 1. The molecule has 6 nitrogen and oxygen atoms in total. The highest BCUT2D eigenvalue weighted by molar-refractivity contribution is 6.30. The Kier molecular flexibility index (Phi) is 5.33. The maximum Gasteiger partial charge on any atom is 0.282 e. The van der Waals surface area contributed by atoms with Gasteiger partial charge in [-0.2, -0.15) is 0 Å². The Morgan fingerprint density at radius 3 is 2.68 bits per heavy atom. The SMILES string of the molecule is Cc1ccc(Cl)cc1N1CC[NH+]([C@@H](C)C(=O)Nc2ccc3c(c2)OCO3)CC1. The summed E-state index contributed by atoms with van der Waals surface area (Å²) in [6.07, 6.45) is 0. The molecule has 1 fully saturated rings. The number of piperazine rings is 1. The van der Waals surface area contributed by atoms with E-state index in [1.165, 1.54) is 16.2 Å². The number of quaternary nitrogens is 1. The van der Waals surface area contributed by atoms with Crippen LogP contribution in [0.4, 0.5) is 11.4 Å². The minimum absolute atomic E-state index is 0.0150. The van der Waals surface area contributed by atoms with Crippen molar-refractivity contribution in [2.45, 2.75) is 19.9 Å². The zero-order valence-electron chi connectivity index (χ0n) is 16.1. The molecular formula is C21H25ClN3O3+. The van der Waals surface area contributed by atoms with E-state index in [0.29, 0.717) is 11.5 Å². The summed E-state index contributed by atoms with van der Waals surface area (Å²) < 4.78 is 10.7. The van der Waals surface area contributed by atoms with Crippen LogP contribution in [0.1, 0.15) is 12.5 Å². The smallest absolute Gasteiger partial charge is 0.282 e. The Labute approximate surface area is 170 Å². The van der Waals surface area contributed by atoms with Crippen LogP contribution in [0, 0.1) is 6.92 Å². The number of halogens is 1. The van der Waals surface area contributed by atoms with Crippen molar-refractivity contribution < 1.29 is 19.2 Å². The highest BCUT2D eigenvalue weighted by atomic mass is 35.5. The second-order valence-corrected chi connectivity index (χ2v) is 7.79. The van der Waals surface area contributed by atoms with Gasteiger partial charge < -0.3 is 24.6 Å². The number of anilines is 2. The number of carbonyl (C=O) groups excluding carboxylic acids is 1. The summed E-state index contributed by atoms with van der Waals surface area (Å²) in [4.78, 5) is 16.4. The van der Waals surface area contributed by atoms with Gasteiger partial charge >= 0.3 is 0 Å². The molecule has 2 aromatic rings. The van der Waals surface area contributed by atoms with Crippen LogP contribution in [0.5, 0.6) is 11.5 Å². The number of hydrogen-bond acceptors (Lipinski definition) is 4. The molecule has 2 aliphatic rings. The topological polar surface area (TPSA) is 55.2 Å². The summed E-state index contributed by atoms with van der Waals surface area (Å²) >= 11 is 6.17. The van der Waals surface area contributed by atoms with Crippen LogP contribution < -0.4 is 24.6 Å². The van der Waals surface area contributed by atoms with Crippen LogP contribution in [-0.4, -0.2) is 44.9 Å². The molecule has 0 bridgehead atoms. The zero-order chi connectivity index (χ0) is 19.7. The number of amides is 1. The highest BCUT2D eigenvalue weighted by Crippen LogP contribution is 2.34. The van der Waals surface area contributed by atoms with Crippen molar-refractivity contribution in [3.8, 4) is 11.5 Å². The number of benzene rings is 2. The summed E-state index contributed by atoms with van der Waals surface area (Å²) in [5.41, 5.74) is 3.14. The summed E-state index contributed by atoms with van der Waals surface area (Å²) in [7, 11) is 0. The lowest BCUT2D eigenvalue weighted by Gasteiger charge is -2.36. The third-order valence-electron chi connectivity index (χ3n) is 5.56. The number of fused-ring (bicyclic) bond motifs is 1. The van der Waals surface area contributed by atoms with Crippen molar-refractivity contribution in [1.29, 1.82) is 0 Å². The lowest BCUT2D eigenvalue weighted by Crippen LogP contribution is -3.19. The first-order valence-corrected chi connectivity index (χ1v) is 9.95. The van der Waals surface area contributed by atoms with Gasteiger partial charge in [0, 0.05) is 22.5 Å². The molecule has 0 unspecified atom stereocenters. The number of carbonyl (C=O) groups is 1. The van der Waals surface area contributed by atoms with Crippen molar-refractivity contribution in [1.82, 2.24) is 0 Å².